The third-order valence-electron chi connectivity index (χ3n) is 10.1. The van der Waals surface area contributed by atoms with Crippen LogP contribution in [0.15, 0.2) is 157 Å². The number of thiophene rings is 1. The minimum absolute atomic E-state index is 0.0872. The molecule has 0 saturated heterocycles. The summed E-state index contributed by atoms with van der Waals surface area (Å²) in [6, 6.07) is 22.7. The Morgan fingerprint density at radius 1 is 0.566 bits per heavy atom. The van der Waals surface area contributed by atoms with Gasteiger partial charge in [0.05, 0.1) is 19.6 Å². The van der Waals surface area contributed by atoms with Crippen LogP contribution in [0.5, 0.6) is 0 Å². The van der Waals surface area contributed by atoms with Gasteiger partial charge in [-0.2, -0.15) is 0 Å². The van der Waals surface area contributed by atoms with Gasteiger partial charge in [0.15, 0.2) is 11.6 Å². The first-order valence-corrected chi connectivity index (χ1v) is 17.7. The maximum atomic E-state index is 9.64. The summed E-state index contributed by atoms with van der Waals surface area (Å²) in [5.41, 5.74) is -4.27. The molecule has 0 radical (unpaired) electrons. The van der Waals surface area contributed by atoms with Crippen LogP contribution in [0.1, 0.15) is 69.6 Å². The van der Waals surface area contributed by atoms with Gasteiger partial charge in [-0.15, -0.1) is 11.3 Å². The molecule has 0 fully saturated rings. The molecule has 0 spiro atoms. The number of benzene rings is 7. The number of hydrogen-bond donors (Lipinski definition) is 0. The molecule has 7 aromatic carbocycles. The topological polar surface area (TPSA) is 38.7 Å². The number of nitrogens with zero attached hydrogens (tertiary/aromatic N) is 3. The average Bonchev–Trinajstić information content (AvgIpc) is 4.01. The normalized spacial score (nSPS) is 19.7. The zero-order chi connectivity index (χ0) is 49.0. The van der Waals surface area contributed by atoms with Crippen molar-refractivity contribution < 1.29 is 21.9 Å². The van der Waals surface area contributed by atoms with E-state index < -0.39 is 108 Å². The van der Waals surface area contributed by atoms with Crippen LogP contribution in [0.2, 0.25) is 0 Å². The minimum atomic E-state index is -3.67. The quantitative estimate of drug-likeness (QED) is 0.182. The molecule has 2 aliphatic rings. The highest BCUT2D eigenvalue weighted by Gasteiger charge is 2.44. The van der Waals surface area contributed by atoms with E-state index in [0.29, 0.717) is 11.1 Å². The molecule has 0 bridgehead atoms. The Kier molecular flexibility index (Phi) is 3.97. The number of fused-ring (bicyclic) bond motifs is 10. The average molecular weight is 712 g/mol. The van der Waals surface area contributed by atoms with E-state index in [1.165, 1.54) is 11.3 Å². The fourth-order valence-electron chi connectivity index (χ4n) is 7.76. The molecule has 1 atom stereocenters. The minimum Gasteiger partial charge on any atom is -0.212 e. The van der Waals surface area contributed by atoms with Gasteiger partial charge in [-0.3, -0.25) is 0 Å². The van der Waals surface area contributed by atoms with E-state index >= 15 is 0 Å². The summed E-state index contributed by atoms with van der Waals surface area (Å²) in [4.78, 5) is 15.1. The van der Waals surface area contributed by atoms with Crippen LogP contribution in [0.3, 0.4) is 0 Å². The monoisotopic (exact) mass is 711 g/mol. The first-order chi connectivity index (χ1) is 32.7. The van der Waals surface area contributed by atoms with Gasteiger partial charge in [-0.1, -0.05) is 159 Å². The zero-order valence-corrected chi connectivity index (χ0v) is 28.4. The smallest absolute Gasteiger partial charge is 0.165 e. The van der Waals surface area contributed by atoms with E-state index in [2.05, 4.69) is 0 Å². The van der Waals surface area contributed by atoms with Crippen molar-refractivity contribution >= 4 is 31.5 Å². The Morgan fingerprint density at radius 3 is 2.13 bits per heavy atom. The second-order valence-electron chi connectivity index (χ2n) is 13.1. The molecule has 0 N–H and O–H groups in total. The highest BCUT2D eigenvalue weighted by atomic mass is 32.1. The molecule has 9 aromatic rings. The van der Waals surface area contributed by atoms with Gasteiger partial charge in [-0.25, -0.2) is 15.0 Å². The van der Waals surface area contributed by atoms with Crippen molar-refractivity contribution in [2.75, 3.05) is 0 Å². The molecule has 0 aliphatic heterocycles. The molecule has 53 heavy (non-hydrogen) atoms. The summed E-state index contributed by atoms with van der Waals surface area (Å²) in [6.07, 6.45) is 0. The van der Waals surface area contributed by atoms with Gasteiger partial charge in [-0.05, 0) is 67.8 Å². The molecule has 250 valence electrons. The molecule has 2 aliphatic carbocycles. The van der Waals surface area contributed by atoms with Gasteiger partial charge < -0.3 is 0 Å². The Balaban J connectivity index is 1.31. The fourth-order valence-corrected chi connectivity index (χ4v) is 8.97. The summed E-state index contributed by atoms with van der Waals surface area (Å²) in [5.74, 6) is -1.71. The Hall–Kier alpha value is -6.23. The Labute approximate surface area is 334 Å². The van der Waals surface area contributed by atoms with Crippen molar-refractivity contribution in [2.24, 2.45) is 0 Å². The Bertz CT molecular complexity index is 3700. The standard InChI is InChI=1S/C49H33N3S/c1-49(2)40-21-10-8-16-33(40)37-28-27-36-32-15-6-7-18-35(32)43(42(36)44(37)49)48-51-46(31-25-23-30(24-26-31)29-13-4-3-5-14-29)50-47(52-48)39-20-12-19-38-34-17-9-11-22-41(34)53-45(38)39/h3-28,43H,1-2H3/i1D3,2D3,6D,7D,8D,10D,15D,16D,18D,21D,27D,28D. The highest BCUT2D eigenvalue weighted by molar-refractivity contribution is 7.26. The summed E-state index contributed by atoms with van der Waals surface area (Å²) >= 11 is 1.49. The highest BCUT2D eigenvalue weighted by Crippen LogP contribution is 2.58. The molecule has 0 amide bonds. The molecular formula is C49H33N3S. The first-order valence-electron chi connectivity index (χ1n) is 24.9. The summed E-state index contributed by atoms with van der Waals surface area (Å²) in [6.45, 7) is -7.33. The molecule has 4 heteroatoms. The molecule has 0 saturated carbocycles. The molecule has 2 heterocycles. The van der Waals surface area contributed by atoms with Crippen molar-refractivity contribution in [3.05, 3.63) is 186 Å². The fraction of sp³-hybridized carbons (Fsp3) is 0.0816. The van der Waals surface area contributed by atoms with Crippen LogP contribution in [0.4, 0.5) is 0 Å². The van der Waals surface area contributed by atoms with Gasteiger partial charge >= 0.3 is 0 Å². The summed E-state index contributed by atoms with van der Waals surface area (Å²) < 4.78 is 148. The van der Waals surface area contributed by atoms with Gasteiger partial charge in [0, 0.05) is 44.9 Å². The van der Waals surface area contributed by atoms with Crippen LogP contribution in [0.25, 0.3) is 76.3 Å². The third kappa shape index (κ3) is 4.49. The van der Waals surface area contributed by atoms with E-state index in [0.717, 1.165) is 31.3 Å². The van der Waals surface area contributed by atoms with Crippen LogP contribution in [0, 0.1) is 0 Å². The Morgan fingerprint density at radius 2 is 1.26 bits per heavy atom. The maximum Gasteiger partial charge on any atom is 0.165 e. The third-order valence-corrected chi connectivity index (χ3v) is 11.4. The second-order valence-corrected chi connectivity index (χ2v) is 14.1. The van der Waals surface area contributed by atoms with E-state index in [-0.39, 0.29) is 39.7 Å². The van der Waals surface area contributed by atoms with Crippen molar-refractivity contribution in [3.63, 3.8) is 0 Å². The molecule has 2 aromatic heterocycles. The SMILES string of the molecule is [2H]c1c([2H])c([2H])c2c(c1[2H])-c1c([2H])c([2H])c3c(c1C2c1nc(-c2ccc(-c4ccccc4)cc2)nc(-c2cccc4c2sc2ccccc24)n1)C(C([2H])([2H])[2H])(C([2H])([2H])[2H])c1c([2H])c([2H])c([2H])c([2H])c1-3. The first kappa shape index (κ1) is 18.5. The lowest BCUT2D eigenvalue weighted by Gasteiger charge is -2.26. The van der Waals surface area contributed by atoms with Crippen LogP contribution in [-0.4, -0.2) is 15.0 Å². The molecular weight excluding hydrogens is 663 g/mol. The lowest BCUT2D eigenvalue weighted by molar-refractivity contribution is 0.648. The van der Waals surface area contributed by atoms with E-state index in [1.807, 2.05) is 84.9 Å². The van der Waals surface area contributed by atoms with Gasteiger partial charge in [0.25, 0.3) is 0 Å². The van der Waals surface area contributed by atoms with Crippen LogP contribution >= 0.6 is 11.3 Å². The molecule has 3 nitrogen and oxygen atoms in total. The summed E-state index contributed by atoms with van der Waals surface area (Å²) in [5, 5.41) is 1.87. The lowest BCUT2D eigenvalue weighted by Crippen LogP contribution is -2.19. The maximum absolute atomic E-state index is 9.64. The number of aromatic nitrogens is 3. The molecule has 1 unspecified atom stereocenters. The van der Waals surface area contributed by atoms with E-state index in [1.54, 1.807) is 12.1 Å². The van der Waals surface area contributed by atoms with Crippen molar-refractivity contribution in [2.45, 2.75) is 25.0 Å². The van der Waals surface area contributed by atoms with Crippen molar-refractivity contribution in [1.29, 1.82) is 0 Å². The van der Waals surface area contributed by atoms with Gasteiger partial charge in [0.2, 0.25) is 0 Å². The van der Waals surface area contributed by atoms with Crippen molar-refractivity contribution in [3.8, 4) is 56.2 Å². The second kappa shape index (κ2) is 11.4. The summed E-state index contributed by atoms with van der Waals surface area (Å²) in [7, 11) is 0. The van der Waals surface area contributed by atoms with E-state index in [4.69, 9.17) is 21.8 Å². The van der Waals surface area contributed by atoms with Crippen LogP contribution < -0.4 is 0 Å². The molecule has 11 rings (SSSR count). The zero-order valence-electron chi connectivity index (χ0n) is 43.6. The number of rotatable bonds is 4. The lowest BCUT2D eigenvalue weighted by atomic mass is 9.77. The number of hydrogen-bond acceptors (Lipinski definition) is 4. The predicted molar refractivity (Wildman–Crippen MR) is 219 cm³/mol. The largest absolute Gasteiger partial charge is 0.212 e. The van der Waals surface area contributed by atoms with Crippen LogP contribution in [-0.2, 0) is 5.41 Å². The van der Waals surface area contributed by atoms with Gasteiger partial charge in [0.1, 0.15) is 5.82 Å². The predicted octanol–water partition coefficient (Wildman–Crippen LogP) is 12.7. The van der Waals surface area contributed by atoms with Crippen molar-refractivity contribution in [1.82, 2.24) is 15.0 Å². The van der Waals surface area contributed by atoms with E-state index in [9.17, 15) is 15.1 Å².